The highest BCUT2D eigenvalue weighted by atomic mass is 35.5. The van der Waals surface area contributed by atoms with Crippen molar-refractivity contribution in [2.75, 3.05) is 5.32 Å². The first-order valence-electron chi connectivity index (χ1n) is 8.49. The molecule has 0 amide bonds. The van der Waals surface area contributed by atoms with Gasteiger partial charge in [0.15, 0.2) is 5.82 Å². The topological polar surface area (TPSA) is 55.1 Å². The minimum Gasteiger partial charge on any atom is -0.340 e. The summed E-state index contributed by atoms with van der Waals surface area (Å²) in [6, 6.07) is 13.9. The van der Waals surface area contributed by atoms with Crippen LogP contribution in [0, 0.1) is 19.7 Å². The quantitative estimate of drug-likeness (QED) is 0.548. The lowest BCUT2D eigenvalue weighted by atomic mass is 10.1. The van der Waals surface area contributed by atoms with Gasteiger partial charge in [-0.05, 0) is 49.7 Å². The Morgan fingerprint density at radius 1 is 1.07 bits per heavy atom. The summed E-state index contributed by atoms with van der Waals surface area (Å²) >= 11 is 6.09. The Bertz CT molecular complexity index is 1140. The van der Waals surface area contributed by atoms with Gasteiger partial charge in [0.1, 0.15) is 11.6 Å². The van der Waals surface area contributed by atoms with E-state index < -0.39 is 0 Å². The third kappa shape index (κ3) is 3.61. The maximum atomic E-state index is 13.4. The summed E-state index contributed by atoms with van der Waals surface area (Å²) in [4.78, 5) is 9.04. The summed E-state index contributed by atoms with van der Waals surface area (Å²) in [6.07, 6.45) is 0.426. The molecule has 1 N–H and O–H groups in total. The number of aromatic nitrogens is 4. The second kappa shape index (κ2) is 6.96. The van der Waals surface area contributed by atoms with E-state index in [9.17, 15) is 4.39 Å². The van der Waals surface area contributed by atoms with Gasteiger partial charge in [-0.25, -0.2) is 9.37 Å². The molecule has 0 aliphatic carbocycles. The predicted octanol–water partition coefficient (Wildman–Crippen LogP) is 4.87. The van der Waals surface area contributed by atoms with Gasteiger partial charge in [0.2, 0.25) is 0 Å². The number of benzene rings is 2. The lowest BCUT2D eigenvalue weighted by Crippen LogP contribution is -2.06. The Morgan fingerprint density at radius 3 is 2.67 bits per heavy atom. The van der Waals surface area contributed by atoms with Crippen LogP contribution in [-0.2, 0) is 6.42 Å². The van der Waals surface area contributed by atoms with Crippen LogP contribution in [0.2, 0.25) is 5.02 Å². The van der Waals surface area contributed by atoms with Crippen LogP contribution in [0.3, 0.4) is 0 Å². The average molecular weight is 382 g/mol. The molecule has 0 aliphatic rings. The van der Waals surface area contributed by atoms with E-state index in [0.717, 1.165) is 28.3 Å². The third-order valence-electron chi connectivity index (χ3n) is 4.35. The Kier molecular flexibility index (Phi) is 4.49. The molecule has 5 nitrogen and oxygen atoms in total. The van der Waals surface area contributed by atoms with Gasteiger partial charge in [-0.3, -0.25) is 0 Å². The SMILES string of the molecule is Cc1nc2nc(Cc3cccc(F)c3)nn2c(Nc2cccc(Cl)c2)c1C. The summed E-state index contributed by atoms with van der Waals surface area (Å²) in [7, 11) is 0. The van der Waals surface area contributed by atoms with Crippen molar-refractivity contribution in [1.82, 2.24) is 19.6 Å². The summed E-state index contributed by atoms with van der Waals surface area (Å²) in [6.45, 7) is 3.90. The molecule has 2 aromatic carbocycles. The molecule has 4 rings (SSSR count). The number of halogens is 2. The first kappa shape index (κ1) is 17.4. The van der Waals surface area contributed by atoms with E-state index >= 15 is 0 Å². The van der Waals surface area contributed by atoms with Gasteiger partial charge in [-0.1, -0.05) is 29.8 Å². The predicted molar refractivity (Wildman–Crippen MR) is 104 cm³/mol. The molecule has 0 aliphatic heterocycles. The number of hydrogen-bond acceptors (Lipinski definition) is 4. The minimum absolute atomic E-state index is 0.274. The monoisotopic (exact) mass is 381 g/mol. The molecule has 7 heteroatoms. The minimum atomic E-state index is -0.274. The maximum absolute atomic E-state index is 13.4. The lowest BCUT2D eigenvalue weighted by Gasteiger charge is -2.12. The van der Waals surface area contributed by atoms with Crippen molar-refractivity contribution in [3.63, 3.8) is 0 Å². The summed E-state index contributed by atoms with van der Waals surface area (Å²) < 4.78 is 15.1. The number of rotatable bonds is 4. The molecule has 2 heterocycles. The molecule has 0 atom stereocenters. The van der Waals surface area contributed by atoms with Crippen LogP contribution in [0.25, 0.3) is 5.78 Å². The fourth-order valence-electron chi connectivity index (χ4n) is 2.89. The van der Waals surface area contributed by atoms with E-state index in [-0.39, 0.29) is 5.82 Å². The number of aryl methyl sites for hydroxylation is 1. The van der Waals surface area contributed by atoms with Crippen molar-refractivity contribution in [3.05, 3.63) is 82.0 Å². The van der Waals surface area contributed by atoms with Crippen molar-refractivity contribution in [3.8, 4) is 0 Å². The van der Waals surface area contributed by atoms with Crippen LogP contribution in [0.15, 0.2) is 48.5 Å². The molecule has 0 saturated heterocycles. The molecule has 0 bridgehead atoms. The van der Waals surface area contributed by atoms with Crippen LogP contribution in [0.5, 0.6) is 0 Å². The van der Waals surface area contributed by atoms with E-state index in [4.69, 9.17) is 11.6 Å². The van der Waals surface area contributed by atoms with Gasteiger partial charge >= 0.3 is 0 Å². The van der Waals surface area contributed by atoms with Crippen LogP contribution < -0.4 is 5.32 Å². The fourth-order valence-corrected chi connectivity index (χ4v) is 3.08. The molecule has 0 fully saturated rings. The number of nitrogens with one attached hydrogen (secondary N) is 1. The number of fused-ring (bicyclic) bond motifs is 1. The Labute approximate surface area is 160 Å². The van der Waals surface area contributed by atoms with Crippen molar-refractivity contribution in [1.29, 1.82) is 0 Å². The lowest BCUT2D eigenvalue weighted by molar-refractivity contribution is 0.625. The van der Waals surface area contributed by atoms with Gasteiger partial charge in [0.05, 0.1) is 0 Å². The van der Waals surface area contributed by atoms with Crippen molar-refractivity contribution >= 4 is 28.9 Å². The van der Waals surface area contributed by atoms with Gasteiger partial charge < -0.3 is 5.32 Å². The molecule has 4 aromatic rings. The second-order valence-electron chi connectivity index (χ2n) is 6.35. The molecule has 136 valence electrons. The van der Waals surface area contributed by atoms with Crippen LogP contribution >= 0.6 is 11.6 Å². The Morgan fingerprint density at radius 2 is 1.89 bits per heavy atom. The van der Waals surface area contributed by atoms with E-state index in [1.165, 1.54) is 12.1 Å². The highest BCUT2D eigenvalue weighted by molar-refractivity contribution is 6.30. The summed E-state index contributed by atoms with van der Waals surface area (Å²) in [5.74, 6) is 1.57. The van der Waals surface area contributed by atoms with Gasteiger partial charge in [-0.15, -0.1) is 5.10 Å². The van der Waals surface area contributed by atoms with E-state index in [1.807, 2.05) is 44.2 Å². The smallest absolute Gasteiger partial charge is 0.254 e. The van der Waals surface area contributed by atoms with Crippen LogP contribution in [0.4, 0.5) is 15.9 Å². The zero-order chi connectivity index (χ0) is 19.0. The average Bonchev–Trinajstić information content (AvgIpc) is 3.01. The first-order chi connectivity index (χ1) is 13.0. The fraction of sp³-hybridized carbons (Fsp3) is 0.150. The first-order valence-corrected chi connectivity index (χ1v) is 8.87. The molecule has 0 saturated carbocycles. The Hall–Kier alpha value is -2.99. The molecule has 27 heavy (non-hydrogen) atoms. The highest BCUT2D eigenvalue weighted by Crippen LogP contribution is 2.25. The van der Waals surface area contributed by atoms with E-state index in [1.54, 1.807) is 10.6 Å². The summed E-state index contributed by atoms with van der Waals surface area (Å²) in [5, 5.41) is 8.59. The van der Waals surface area contributed by atoms with Gasteiger partial charge in [0, 0.05) is 28.4 Å². The molecule has 0 unspecified atom stereocenters. The zero-order valence-corrected chi connectivity index (χ0v) is 15.6. The molecular formula is C20H17ClFN5. The van der Waals surface area contributed by atoms with Gasteiger partial charge in [-0.2, -0.15) is 9.50 Å². The second-order valence-corrected chi connectivity index (χ2v) is 6.79. The maximum Gasteiger partial charge on any atom is 0.254 e. The van der Waals surface area contributed by atoms with Crippen molar-refractivity contribution in [2.45, 2.75) is 20.3 Å². The Balaban J connectivity index is 1.76. The summed E-state index contributed by atoms with van der Waals surface area (Å²) in [5.41, 5.74) is 3.48. The van der Waals surface area contributed by atoms with Crippen LogP contribution in [-0.4, -0.2) is 19.6 Å². The normalized spacial score (nSPS) is 11.1. The molecular weight excluding hydrogens is 365 g/mol. The van der Waals surface area contributed by atoms with Gasteiger partial charge in [0.25, 0.3) is 5.78 Å². The zero-order valence-electron chi connectivity index (χ0n) is 14.9. The van der Waals surface area contributed by atoms with Crippen molar-refractivity contribution < 1.29 is 4.39 Å². The van der Waals surface area contributed by atoms with Crippen LogP contribution in [0.1, 0.15) is 22.6 Å². The van der Waals surface area contributed by atoms with E-state index in [0.29, 0.717) is 23.0 Å². The number of hydrogen-bond donors (Lipinski definition) is 1. The van der Waals surface area contributed by atoms with E-state index in [2.05, 4.69) is 20.4 Å². The van der Waals surface area contributed by atoms with Crippen molar-refractivity contribution in [2.24, 2.45) is 0 Å². The molecule has 0 spiro atoms. The molecule has 2 aromatic heterocycles. The molecule has 0 radical (unpaired) electrons. The standard InChI is InChI=1S/C20H17ClFN5/c1-12-13(2)23-20-25-18(10-14-5-3-7-16(22)9-14)26-27(20)19(12)24-17-8-4-6-15(21)11-17/h3-9,11,24H,10H2,1-2H3. The number of nitrogens with zero attached hydrogens (tertiary/aromatic N) is 4. The largest absolute Gasteiger partial charge is 0.340 e. The highest BCUT2D eigenvalue weighted by Gasteiger charge is 2.14. The number of anilines is 2. The third-order valence-corrected chi connectivity index (χ3v) is 4.59.